The molecule has 0 heterocycles. The molecule has 10 nitrogen and oxygen atoms in total. The summed E-state index contributed by atoms with van der Waals surface area (Å²) in [5.41, 5.74) is 11.5. The molecule has 0 fully saturated rings. The second-order valence-corrected chi connectivity index (χ2v) is 8.74. The summed E-state index contributed by atoms with van der Waals surface area (Å²) in [5, 5.41) is 24.4. The van der Waals surface area contributed by atoms with Crippen LogP contribution in [0.15, 0.2) is 29.3 Å². The van der Waals surface area contributed by atoms with E-state index in [2.05, 4.69) is 22.5 Å². The summed E-state index contributed by atoms with van der Waals surface area (Å²) in [5.74, 6) is -1.45. The Bertz CT molecular complexity index is 809. The molecule has 0 saturated carbocycles. The minimum atomic E-state index is -0.953. The van der Waals surface area contributed by atoms with Gasteiger partial charge in [0.25, 0.3) is 0 Å². The summed E-state index contributed by atoms with van der Waals surface area (Å²) in [4.78, 5) is 40.7. The largest absolute Gasteiger partial charge is 0.508 e. The monoisotopic (exact) mass is 491 g/mol. The van der Waals surface area contributed by atoms with Crippen LogP contribution in [-0.2, 0) is 20.8 Å². The highest BCUT2D eigenvalue weighted by atomic mass is 16.4. The van der Waals surface area contributed by atoms with Gasteiger partial charge in [0.05, 0.1) is 0 Å². The Hall–Kier alpha value is -3.30. The van der Waals surface area contributed by atoms with Crippen LogP contribution in [0, 0.1) is 0 Å². The molecular formula is C25H41N5O5. The Kier molecular flexibility index (Phi) is 14.6. The highest BCUT2D eigenvalue weighted by Gasteiger charge is 2.24. The number of carboxylic acid groups (broad SMARTS) is 1. The van der Waals surface area contributed by atoms with Gasteiger partial charge >= 0.3 is 5.97 Å². The van der Waals surface area contributed by atoms with Gasteiger partial charge in [0.15, 0.2) is 5.96 Å². The first-order valence-electron chi connectivity index (χ1n) is 12.4. The zero-order chi connectivity index (χ0) is 26.1. The van der Waals surface area contributed by atoms with E-state index in [1.807, 2.05) is 0 Å². The lowest BCUT2D eigenvalue weighted by Gasteiger charge is -2.23. The highest BCUT2D eigenvalue weighted by Crippen LogP contribution is 2.13. The molecule has 0 unspecified atom stereocenters. The van der Waals surface area contributed by atoms with Crippen molar-refractivity contribution < 1.29 is 24.6 Å². The molecule has 8 N–H and O–H groups in total. The summed E-state index contributed by atoms with van der Waals surface area (Å²) in [7, 11) is 0. The topological polar surface area (TPSA) is 180 Å². The van der Waals surface area contributed by atoms with Gasteiger partial charge in [-0.05, 0) is 43.4 Å². The predicted molar refractivity (Wildman–Crippen MR) is 136 cm³/mol. The molecular weight excluding hydrogens is 450 g/mol. The molecule has 2 atom stereocenters. The van der Waals surface area contributed by atoms with Gasteiger partial charge in [0, 0.05) is 31.8 Å². The fourth-order valence-corrected chi connectivity index (χ4v) is 3.67. The molecule has 0 radical (unpaired) electrons. The first kappa shape index (κ1) is 29.7. The highest BCUT2D eigenvalue weighted by molar-refractivity contribution is 5.88. The van der Waals surface area contributed by atoms with Crippen molar-refractivity contribution >= 4 is 23.7 Å². The van der Waals surface area contributed by atoms with Gasteiger partial charge in [-0.2, -0.15) is 0 Å². The van der Waals surface area contributed by atoms with Crippen molar-refractivity contribution in [1.29, 1.82) is 0 Å². The lowest BCUT2D eigenvalue weighted by Crippen LogP contribution is -2.50. The Morgan fingerprint density at radius 2 is 1.63 bits per heavy atom. The van der Waals surface area contributed by atoms with E-state index in [9.17, 15) is 19.5 Å². The van der Waals surface area contributed by atoms with Crippen molar-refractivity contribution in [2.75, 3.05) is 6.54 Å². The number of carboxylic acids is 1. The number of unbranched alkanes of at least 4 members (excludes halogenated alkanes) is 4. The lowest BCUT2D eigenvalue weighted by atomic mass is 10.0. The number of aliphatic carboxylic acids is 1. The van der Waals surface area contributed by atoms with E-state index < -0.39 is 18.1 Å². The number of nitrogens with two attached hydrogens (primary N) is 2. The first-order chi connectivity index (χ1) is 16.7. The molecule has 0 aliphatic rings. The number of nitrogens with zero attached hydrogens (tertiary/aromatic N) is 1. The molecule has 0 spiro atoms. The molecule has 0 aliphatic heterocycles. The molecule has 1 aromatic carbocycles. The zero-order valence-corrected chi connectivity index (χ0v) is 20.7. The van der Waals surface area contributed by atoms with Crippen LogP contribution < -0.4 is 22.1 Å². The molecule has 0 bridgehead atoms. The molecule has 10 heteroatoms. The van der Waals surface area contributed by atoms with Crippen LogP contribution >= 0.6 is 0 Å². The van der Waals surface area contributed by atoms with Crippen LogP contribution in [0.4, 0.5) is 0 Å². The van der Waals surface area contributed by atoms with Gasteiger partial charge in [-0.25, -0.2) is 0 Å². The van der Waals surface area contributed by atoms with Crippen molar-refractivity contribution in [2.24, 2.45) is 16.5 Å². The van der Waals surface area contributed by atoms with E-state index >= 15 is 0 Å². The van der Waals surface area contributed by atoms with Crippen molar-refractivity contribution in [1.82, 2.24) is 10.6 Å². The number of aromatic hydroxyl groups is 1. The van der Waals surface area contributed by atoms with Crippen LogP contribution in [-0.4, -0.2) is 52.6 Å². The third-order valence-electron chi connectivity index (χ3n) is 5.59. The molecule has 196 valence electrons. The normalized spacial score (nSPS) is 12.4. The van der Waals surface area contributed by atoms with Gasteiger partial charge in [0.2, 0.25) is 11.8 Å². The number of rotatable bonds is 18. The number of hydrogen-bond acceptors (Lipinski definition) is 5. The molecule has 1 aromatic rings. The lowest BCUT2D eigenvalue weighted by molar-refractivity contribution is -0.137. The molecule has 1 rings (SSSR count). The number of hydrogen-bond donors (Lipinski definition) is 6. The standard InChI is InChI=1S/C25H41N5O5/c1-2-3-4-5-6-9-22(32)30-21(17-18-10-13-20(31)14-11-18)24(35)29-19(12-15-23(33)34)8-7-16-28-25(26)27/h10-11,13-14,19,21,31H,2-9,12,15-17H2,1H3,(H,29,35)(H,30,32)(H,33,34)(H4,26,27,28)/t19-,21-/m0/s1. The van der Waals surface area contributed by atoms with Crippen LogP contribution in [0.1, 0.15) is 76.7 Å². The summed E-state index contributed by atoms with van der Waals surface area (Å²) < 4.78 is 0. The van der Waals surface area contributed by atoms with Crippen molar-refractivity contribution in [3.05, 3.63) is 29.8 Å². The smallest absolute Gasteiger partial charge is 0.303 e. The fourth-order valence-electron chi connectivity index (χ4n) is 3.67. The van der Waals surface area contributed by atoms with Crippen LogP contribution in [0.2, 0.25) is 0 Å². The van der Waals surface area contributed by atoms with Crippen LogP contribution in [0.3, 0.4) is 0 Å². The van der Waals surface area contributed by atoms with Crippen LogP contribution in [0.5, 0.6) is 5.75 Å². The number of nitrogens with one attached hydrogen (secondary N) is 2. The number of phenols is 1. The Morgan fingerprint density at radius 1 is 0.943 bits per heavy atom. The third-order valence-corrected chi connectivity index (χ3v) is 5.59. The van der Waals surface area contributed by atoms with Crippen molar-refractivity contribution in [2.45, 2.75) is 89.6 Å². The number of aliphatic imine (C=N–C) groups is 1. The third kappa shape index (κ3) is 14.5. The average Bonchev–Trinajstić information content (AvgIpc) is 2.80. The van der Waals surface area contributed by atoms with Gasteiger partial charge in [-0.3, -0.25) is 19.4 Å². The molecule has 0 aliphatic carbocycles. The van der Waals surface area contributed by atoms with Crippen LogP contribution in [0.25, 0.3) is 0 Å². The Balaban J connectivity index is 2.83. The minimum Gasteiger partial charge on any atom is -0.508 e. The van der Waals surface area contributed by atoms with Crippen molar-refractivity contribution in [3.8, 4) is 5.75 Å². The van der Waals surface area contributed by atoms with E-state index in [0.717, 1.165) is 37.7 Å². The quantitative estimate of drug-likeness (QED) is 0.103. The van der Waals surface area contributed by atoms with Gasteiger partial charge < -0.3 is 32.3 Å². The number of amides is 2. The molecule has 0 saturated heterocycles. The van der Waals surface area contributed by atoms with E-state index in [4.69, 9.17) is 16.6 Å². The number of phenolic OH excluding ortho intramolecular Hbond substituents is 1. The second-order valence-electron chi connectivity index (χ2n) is 8.74. The summed E-state index contributed by atoms with van der Waals surface area (Å²) in [6.45, 7) is 2.50. The Morgan fingerprint density at radius 3 is 2.26 bits per heavy atom. The van der Waals surface area contributed by atoms with Gasteiger partial charge in [0.1, 0.15) is 11.8 Å². The summed E-state index contributed by atoms with van der Waals surface area (Å²) >= 11 is 0. The maximum atomic E-state index is 13.2. The zero-order valence-electron chi connectivity index (χ0n) is 20.7. The Labute approximate surface area is 207 Å². The molecule has 35 heavy (non-hydrogen) atoms. The fraction of sp³-hybridized carbons (Fsp3) is 0.600. The SMILES string of the molecule is CCCCCCCC(=O)N[C@@H](Cc1ccc(O)cc1)C(=O)N[C@@H](CCCN=C(N)N)CCC(=O)O. The maximum Gasteiger partial charge on any atom is 0.303 e. The molecule has 0 aromatic heterocycles. The molecule has 2 amide bonds. The number of carbonyl (C=O) groups excluding carboxylic acids is 2. The second kappa shape index (κ2) is 17.2. The maximum absolute atomic E-state index is 13.2. The number of benzene rings is 1. The van der Waals surface area contributed by atoms with Gasteiger partial charge in [-0.1, -0.05) is 44.7 Å². The number of guanidine groups is 1. The van der Waals surface area contributed by atoms with E-state index in [1.54, 1.807) is 12.1 Å². The predicted octanol–water partition coefficient (Wildman–Crippen LogP) is 2.18. The first-order valence-corrected chi connectivity index (χ1v) is 12.4. The van der Waals surface area contributed by atoms with E-state index in [0.29, 0.717) is 25.8 Å². The average molecular weight is 492 g/mol. The summed E-state index contributed by atoms with van der Waals surface area (Å²) in [6.07, 6.45) is 6.84. The minimum absolute atomic E-state index is 0.0255. The number of carbonyl (C=O) groups is 3. The van der Waals surface area contributed by atoms with E-state index in [-0.39, 0.29) is 42.8 Å². The van der Waals surface area contributed by atoms with E-state index in [1.165, 1.54) is 12.1 Å². The summed E-state index contributed by atoms with van der Waals surface area (Å²) in [6, 6.07) is 5.22. The van der Waals surface area contributed by atoms with Gasteiger partial charge in [-0.15, -0.1) is 0 Å². The van der Waals surface area contributed by atoms with Crippen molar-refractivity contribution in [3.63, 3.8) is 0 Å².